The fraction of sp³-hybridized carbons (Fsp3) is 1.00. The molecule has 0 aromatic carbocycles. The van der Waals surface area contributed by atoms with E-state index in [-0.39, 0.29) is 5.41 Å². The van der Waals surface area contributed by atoms with E-state index in [2.05, 4.69) is 5.32 Å². The molecule has 14 heavy (non-hydrogen) atoms. The van der Waals surface area contributed by atoms with E-state index in [4.69, 9.17) is 0 Å². The lowest BCUT2D eigenvalue weighted by Crippen LogP contribution is -2.41. The summed E-state index contributed by atoms with van der Waals surface area (Å²) in [5.41, 5.74) is 0.00347. The molecule has 0 heterocycles. The van der Waals surface area contributed by atoms with Gasteiger partial charge in [0.15, 0.2) is 0 Å². The quantitative estimate of drug-likeness (QED) is 0.750. The molecule has 0 aromatic heterocycles. The SMILES string of the molecule is CC(C)(CNCC(F)(F)F)C1CCC1. The van der Waals surface area contributed by atoms with E-state index < -0.39 is 12.7 Å². The van der Waals surface area contributed by atoms with Crippen molar-refractivity contribution >= 4 is 0 Å². The Bertz CT molecular complexity index is 182. The summed E-state index contributed by atoms with van der Waals surface area (Å²) >= 11 is 0. The van der Waals surface area contributed by atoms with E-state index in [1.165, 1.54) is 19.3 Å². The molecule has 0 radical (unpaired) electrons. The van der Waals surface area contributed by atoms with E-state index in [0.29, 0.717) is 12.5 Å². The second kappa shape index (κ2) is 4.09. The van der Waals surface area contributed by atoms with Gasteiger partial charge in [-0.05, 0) is 24.2 Å². The van der Waals surface area contributed by atoms with Crippen molar-refractivity contribution < 1.29 is 13.2 Å². The molecule has 1 aliphatic carbocycles. The van der Waals surface area contributed by atoms with Gasteiger partial charge in [-0.3, -0.25) is 0 Å². The van der Waals surface area contributed by atoms with Crippen LogP contribution in [0.4, 0.5) is 13.2 Å². The summed E-state index contributed by atoms with van der Waals surface area (Å²) in [6.07, 6.45) is -0.523. The van der Waals surface area contributed by atoms with Gasteiger partial charge in [0.1, 0.15) is 0 Å². The van der Waals surface area contributed by atoms with Crippen LogP contribution in [0, 0.1) is 11.3 Å². The smallest absolute Gasteiger partial charge is 0.308 e. The third kappa shape index (κ3) is 3.48. The molecule has 1 N–H and O–H groups in total. The Balaban J connectivity index is 2.22. The molecule has 0 unspecified atom stereocenters. The molecule has 84 valence electrons. The van der Waals surface area contributed by atoms with Crippen LogP contribution in [-0.4, -0.2) is 19.3 Å². The third-order valence-corrected chi connectivity index (χ3v) is 3.12. The Kier molecular flexibility index (Phi) is 3.45. The van der Waals surface area contributed by atoms with Gasteiger partial charge in [-0.2, -0.15) is 13.2 Å². The molecule has 0 saturated heterocycles. The largest absolute Gasteiger partial charge is 0.401 e. The van der Waals surface area contributed by atoms with Gasteiger partial charge in [0.25, 0.3) is 0 Å². The van der Waals surface area contributed by atoms with Crippen molar-refractivity contribution in [3.05, 3.63) is 0 Å². The van der Waals surface area contributed by atoms with Crippen LogP contribution in [0.15, 0.2) is 0 Å². The number of halogens is 3. The van der Waals surface area contributed by atoms with Crippen LogP contribution < -0.4 is 5.32 Å². The molecular weight excluding hydrogens is 191 g/mol. The van der Waals surface area contributed by atoms with Crippen LogP contribution in [0.25, 0.3) is 0 Å². The Morgan fingerprint density at radius 1 is 1.14 bits per heavy atom. The molecule has 4 heteroatoms. The Hall–Kier alpha value is -0.250. The zero-order valence-corrected chi connectivity index (χ0v) is 8.75. The van der Waals surface area contributed by atoms with Gasteiger partial charge < -0.3 is 5.32 Å². The van der Waals surface area contributed by atoms with E-state index in [1.807, 2.05) is 13.8 Å². The van der Waals surface area contributed by atoms with Crippen molar-refractivity contribution in [1.82, 2.24) is 5.32 Å². The van der Waals surface area contributed by atoms with Crippen LogP contribution in [0.1, 0.15) is 33.1 Å². The number of hydrogen-bond acceptors (Lipinski definition) is 1. The molecular formula is C10H18F3N. The lowest BCUT2D eigenvalue weighted by molar-refractivity contribution is -0.126. The zero-order chi connectivity index (χ0) is 10.8. The molecule has 0 atom stereocenters. The average molecular weight is 209 g/mol. The minimum Gasteiger partial charge on any atom is -0.308 e. The third-order valence-electron chi connectivity index (χ3n) is 3.12. The Labute approximate surface area is 83.1 Å². The molecule has 0 spiro atoms. The summed E-state index contributed by atoms with van der Waals surface area (Å²) < 4.78 is 35.6. The molecule has 1 fully saturated rings. The van der Waals surface area contributed by atoms with Crippen molar-refractivity contribution in [2.24, 2.45) is 11.3 Å². The topological polar surface area (TPSA) is 12.0 Å². The molecule has 1 aliphatic rings. The first kappa shape index (κ1) is 11.8. The fourth-order valence-corrected chi connectivity index (χ4v) is 1.86. The van der Waals surface area contributed by atoms with Crippen molar-refractivity contribution in [2.45, 2.75) is 39.3 Å². The highest BCUT2D eigenvalue weighted by atomic mass is 19.4. The minimum absolute atomic E-state index is 0.00347. The van der Waals surface area contributed by atoms with E-state index >= 15 is 0 Å². The first-order valence-corrected chi connectivity index (χ1v) is 5.09. The predicted molar refractivity (Wildman–Crippen MR) is 50.0 cm³/mol. The summed E-state index contributed by atoms with van der Waals surface area (Å²) in [6, 6.07) is 0. The second-order valence-corrected chi connectivity index (χ2v) is 4.84. The second-order valence-electron chi connectivity index (χ2n) is 4.84. The van der Waals surface area contributed by atoms with Crippen LogP contribution >= 0.6 is 0 Å². The Morgan fingerprint density at radius 2 is 1.71 bits per heavy atom. The number of rotatable bonds is 4. The van der Waals surface area contributed by atoms with Crippen molar-refractivity contribution in [3.8, 4) is 0 Å². The van der Waals surface area contributed by atoms with Gasteiger partial charge >= 0.3 is 6.18 Å². The molecule has 1 saturated carbocycles. The number of nitrogens with one attached hydrogen (secondary N) is 1. The van der Waals surface area contributed by atoms with Crippen LogP contribution in [-0.2, 0) is 0 Å². The highest BCUT2D eigenvalue weighted by molar-refractivity contribution is 4.86. The molecule has 0 aromatic rings. The molecule has 1 rings (SSSR count). The molecule has 1 nitrogen and oxygen atoms in total. The Morgan fingerprint density at radius 3 is 2.07 bits per heavy atom. The fourth-order valence-electron chi connectivity index (χ4n) is 1.86. The average Bonchev–Trinajstić information content (AvgIpc) is 1.75. The normalized spacial score (nSPS) is 19.5. The highest BCUT2D eigenvalue weighted by Crippen LogP contribution is 2.41. The number of alkyl halides is 3. The van der Waals surface area contributed by atoms with Gasteiger partial charge in [0, 0.05) is 6.54 Å². The maximum atomic E-state index is 11.9. The van der Waals surface area contributed by atoms with E-state index in [1.54, 1.807) is 0 Å². The molecule has 0 bridgehead atoms. The van der Waals surface area contributed by atoms with Crippen LogP contribution in [0.3, 0.4) is 0 Å². The summed E-state index contributed by atoms with van der Waals surface area (Å²) in [4.78, 5) is 0. The zero-order valence-electron chi connectivity index (χ0n) is 8.75. The summed E-state index contributed by atoms with van der Waals surface area (Å²) in [7, 11) is 0. The monoisotopic (exact) mass is 209 g/mol. The molecule has 0 aliphatic heterocycles. The van der Waals surface area contributed by atoms with Crippen molar-refractivity contribution in [2.75, 3.05) is 13.1 Å². The van der Waals surface area contributed by atoms with Gasteiger partial charge in [-0.15, -0.1) is 0 Å². The lowest BCUT2D eigenvalue weighted by atomic mass is 9.67. The molecule has 0 amide bonds. The maximum absolute atomic E-state index is 11.9. The summed E-state index contributed by atoms with van der Waals surface area (Å²) in [6.45, 7) is 3.67. The lowest BCUT2D eigenvalue weighted by Gasteiger charge is -2.40. The van der Waals surface area contributed by atoms with E-state index in [0.717, 1.165) is 0 Å². The van der Waals surface area contributed by atoms with Crippen LogP contribution in [0.5, 0.6) is 0 Å². The standard InChI is InChI=1S/C10H18F3N/c1-9(2,8-4-3-5-8)6-14-7-10(11,12)13/h8,14H,3-7H2,1-2H3. The van der Waals surface area contributed by atoms with Crippen LogP contribution in [0.2, 0.25) is 0 Å². The predicted octanol–water partition coefficient (Wildman–Crippen LogP) is 2.96. The van der Waals surface area contributed by atoms with Crippen molar-refractivity contribution in [3.63, 3.8) is 0 Å². The number of hydrogen-bond donors (Lipinski definition) is 1. The van der Waals surface area contributed by atoms with Gasteiger partial charge in [0.05, 0.1) is 6.54 Å². The van der Waals surface area contributed by atoms with Crippen molar-refractivity contribution in [1.29, 1.82) is 0 Å². The van der Waals surface area contributed by atoms with E-state index in [9.17, 15) is 13.2 Å². The van der Waals surface area contributed by atoms with Gasteiger partial charge in [0.2, 0.25) is 0 Å². The highest BCUT2D eigenvalue weighted by Gasteiger charge is 2.34. The summed E-state index contributed by atoms with van der Waals surface area (Å²) in [5, 5.41) is 2.49. The maximum Gasteiger partial charge on any atom is 0.401 e. The summed E-state index contributed by atoms with van der Waals surface area (Å²) in [5.74, 6) is 0.600. The first-order valence-electron chi connectivity index (χ1n) is 5.09. The van der Waals surface area contributed by atoms with Gasteiger partial charge in [-0.25, -0.2) is 0 Å². The first-order chi connectivity index (χ1) is 6.31. The minimum atomic E-state index is -4.09. The van der Waals surface area contributed by atoms with Gasteiger partial charge in [-0.1, -0.05) is 20.3 Å².